The third-order valence-electron chi connectivity index (χ3n) is 4.79. The van der Waals surface area contributed by atoms with Crippen LogP contribution in [0.15, 0.2) is 66.7 Å². The fraction of sp³-hybridized carbons (Fsp3) is 0.120. The zero-order chi connectivity index (χ0) is 21.6. The van der Waals surface area contributed by atoms with Gasteiger partial charge < -0.3 is 19.2 Å². The molecule has 0 fully saturated rings. The largest absolute Gasteiger partial charge is 0.493 e. The molecule has 0 saturated carbocycles. The minimum Gasteiger partial charge on any atom is -0.493 e. The van der Waals surface area contributed by atoms with Gasteiger partial charge in [-0.1, -0.05) is 48.5 Å². The van der Waals surface area contributed by atoms with Crippen molar-refractivity contribution in [1.29, 1.82) is 0 Å². The second-order valence-corrected chi connectivity index (χ2v) is 6.83. The van der Waals surface area contributed by atoms with Crippen molar-refractivity contribution in [3.05, 3.63) is 89.2 Å². The number of aromatic nitrogens is 2. The SMILES string of the molecule is COC(=O)c1cccc2[nH]c(/C=C/c3ccc(OC)c(OCc4ccccc4)c3)nc12. The van der Waals surface area contributed by atoms with Gasteiger partial charge in [0.2, 0.25) is 0 Å². The van der Waals surface area contributed by atoms with Crippen LogP contribution < -0.4 is 9.47 Å². The Hall–Kier alpha value is -4.06. The van der Waals surface area contributed by atoms with E-state index in [0.29, 0.717) is 35.0 Å². The lowest BCUT2D eigenvalue weighted by molar-refractivity contribution is 0.0603. The Balaban J connectivity index is 1.57. The molecule has 0 aliphatic rings. The van der Waals surface area contributed by atoms with Crippen molar-refractivity contribution in [2.24, 2.45) is 0 Å². The quantitative estimate of drug-likeness (QED) is 0.426. The minimum absolute atomic E-state index is 0.414. The second kappa shape index (κ2) is 9.17. The van der Waals surface area contributed by atoms with Crippen molar-refractivity contribution < 1.29 is 19.0 Å². The van der Waals surface area contributed by atoms with E-state index in [9.17, 15) is 4.79 Å². The summed E-state index contributed by atoms with van der Waals surface area (Å²) in [6.07, 6.45) is 3.77. The number of carbonyl (C=O) groups is 1. The highest BCUT2D eigenvalue weighted by molar-refractivity contribution is 6.02. The second-order valence-electron chi connectivity index (χ2n) is 6.83. The summed E-state index contributed by atoms with van der Waals surface area (Å²) >= 11 is 0. The molecule has 6 heteroatoms. The van der Waals surface area contributed by atoms with Crippen LogP contribution in [0.25, 0.3) is 23.2 Å². The number of esters is 1. The Morgan fingerprint density at radius 3 is 2.58 bits per heavy atom. The monoisotopic (exact) mass is 414 g/mol. The predicted molar refractivity (Wildman–Crippen MR) is 120 cm³/mol. The first-order valence-corrected chi connectivity index (χ1v) is 9.78. The van der Waals surface area contributed by atoms with Gasteiger partial charge in [-0.15, -0.1) is 0 Å². The van der Waals surface area contributed by atoms with Gasteiger partial charge in [-0.25, -0.2) is 9.78 Å². The maximum Gasteiger partial charge on any atom is 0.340 e. The predicted octanol–water partition coefficient (Wildman–Crippen LogP) is 5.11. The number of H-pyrrole nitrogens is 1. The van der Waals surface area contributed by atoms with Gasteiger partial charge in [-0.05, 0) is 41.5 Å². The van der Waals surface area contributed by atoms with Gasteiger partial charge in [0.05, 0.1) is 25.3 Å². The first kappa shape index (κ1) is 20.2. The molecule has 0 saturated heterocycles. The maximum absolute atomic E-state index is 12.0. The van der Waals surface area contributed by atoms with E-state index in [0.717, 1.165) is 16.6 Å². The molecule has 156 valence electrons. The van der Waals surface area contributed by atoms with E-state index in [2.05, 4.69) is 9.97 Å². The number of para-hydroxylation sites is 1. The van der Waals surface area contributed by atoms with Crippen molar-refractivity contribution >= 4 is 29.2 Å². The molecule has 4 rings (SSSR count). The normalized spacial score (nSPS) is 11.0. The molecule has 0 aliphatic carbocycles. The summed E-state index contributed by atoms with van der Waals surface area (Å²) in [6.45, 7) is 0.449. The lowest BCUT2D eigenvalue weighted by Gasteiger charge is -2.11. The summed E-state index contributed by atoms with van der Waals surface area (Å²) in [4.78, 5) is 19.7. The van der Waals surface area contributed by atoms with Crippen LogP contribution >= 0.6 is 0 Å². The standard InChI is InChI=1S/C25H22N2O4/c1-29-21-13-11-17(15-22(21)31-16-18-7-4-3-5-8-18)12-14-23-26-20-10-6-9-19(24(20)27-23)25(28)30-2/h3-15H,16H2,1-2H3,(H,26,27)/b14-12+. The van der Waals surface area contributed by atoms with Crippen molar-refractivity contribution in [3.8, 4) is 11.5 Å². The lowest BCUT2D eigenvalue weighted by Crippen LogP contribution is -2.01. The topological polar surface area (TPSA) is 73.4 Å². The summed E-state index contributed by atoms with van der Waals surface area (Å²) in [5, 5.41) is 0. The van der Waals surface area contributed by atoms with Crippen LogP contribution in [0, 0.1) is 0 Å². The number of methoxy groups -OCH3 is 2. The van der Waals surface area contributed by atoms with Crippen LogP contribution in [-0.2, 0) is 11.3 Å². The number of fused-ring (bicyclic) bond motifs is 1. The fourth-order valence-electron chi connectivity index (χ4n) is 3.23. The third-order valence-corrected chi connectivity index (χ3v) is 4.79. The highest BCUT2D eigenvalue weighted by Gasteiger charge is 2.13. The third kappa shape index (κ3) is 4.59. The summed E-state index contributed by atoms with van der Waals surface area (Å²) in [6, 6.07) is 21.0. The zero-order valence-corrected chi connectivity index (χ0v) is 17.3. The molecular weight excluding hydrogens is 392 g/mol. The van der Waals surface area contributed by atoms with Crippen LogP contribution in [-0.4, -0.2) is 30.2 Å². The average molecular weight is 414 g/mol. The van der Waals surface area contributed by atoms with Gasteiger partial charge >= 0.3 is 5.97 Å². The molecule has 0 bridgehead atoms. The molecule has 1 heterocycles. The summed E-state index contributed by atoms with van der Waals surface area (Å²) < 4.78 is 16.2. The number of imidazole rings is 1. The van der Waals surface area contributed by atoms with Crippen LogP contribution in [0.4, 0.5) is 0 Å². The summed E-state index contributed by atoms with van der Waals surface area (Å²) in [5.41, 5.74) is 3.78. The van der Waals surface area contributed by atoms with Gasteiger partial charge in [0.15, 0.2) is 11.5 Å². The zero-order valence-electron chi connectivity index (χ0n) is 17.3. The van der Waals surface area contributed by atoms with Crippen LogP contribution in [0.1, 0.15) is 27.3 Å². The van der Waals surface area contributed by atoms with Gasteiger partial charge in [-0.2, -0.15) is 0 Å². The molecule has 6 nitrogen and oxygen atoms in total. The number of ether oxygens (including phenoxy) is 3. The Labute approximate surface area is 180 Å². The number of aromatic amines is 1. The molecule has 0 spiro atoms. The molecule has 0 aliphatic heterocycles. The molecule has 1 N–H and O–H groups in total. The van der Waals surface area contributed by atoms with Crippen molar-refractivity contribution in [1.82, 2.24) is 9.97 Å². The van der Waals surface area contributed by atoms with Crippen molar-refractivity contribution in [3.63, 3.8) is 0 Å². The average Bonchev–Trinajstić information content (AvgIpc) is 3.25. The van der Waals surface area contributed by atoms with E-state index < -0.39 is 5.97 Å². The van der Waals surface area contributed by atoms with Gasteiger partial charge in [0.1, 0.15) is 17.9 Å². The number of benzene rings is 3. The summed E-state index contributed by atoms with van der Waals surface area (Å²) in [7, 11) is 2.98. The smallest absolute Gasteiger partial charge is 0.340 e. The molecule has 0 atom stereocenters. The molecule has 3 aromatic carbocycles. The van der Waals surface area contributed by atoms with E-state index in [1.807, 2.05) is 66.7 Å². The Morgan fingerprint density at radius 1 is 0.968 bits per heavy atom. The van der Waals surface area contributed by atoms with Gasteiger partial charge in [0.25, 0.3) is 0 Å². The maximum atomic E-state index is 12.0. The van der Waals surface area contributed by atoms with Crippen molar-refractivity contribution in [2.45, 2.75) is 6.61 Å². The van der Waals surface area contributed by atoms with E-state index in [4.69, 9.17) is 14.2 Å². The van der Waals surface area contributed by atoms with E-state index in [1.54, 1.807) is 19.2 Å². The number of nitrogens with zero attached hydrogens (tertiary/aromatic N) is 1. The number of nitrogens with one attached hydrogen (secondary N) is 1. The molecule has 1 aromatic heterocycles. The van der Waals surface area contributed by atoms with Crippen LogP contribution in [0.3, 0.4) is 0 Å². The first-order chi connectivity index (χ1) is 15.2. The van der Waals surface area contributed by atoms with Gasteiger partial charge in [0, 0.05) is 0 Å². The highest BCUT2D eigenvalue weighted by atomic mass is 16.5. The van der Waals surface area contributed by atoms with E-state index in [-0.39, 0.29) is 0 Å². The number of hydrogen-bond acceptors (Lipinski definition) is 5. The lowest BCUT2D eigenvalue weighted by atomic mass is 10.2. The molecule has 0 amide bonds. The first-order valence-electron chi connectivity index (χ1n) is 9.78. The molecule has 0 unspecified atom stereocenters. The summed E-state index contributed by atoms with van der Waals surface area (Å²) in [5.74, 6) is 1.54. The molecule has 31 heavy (non-hydrogen) atoms. The fourth-order valence-corrected chi connectivity index (χ4v) is 3.23. The minimum atomic E-state index is -0.414. The highest BCUT2D eigenvalue weighted by Crippen LogP contribution is 2.29. The van der Waals surface area contributed by atoms with E-state index in [1.165, 1.54) is 7.11 Å². The Kier molecular flexibility index (Phi) is 5.98. The van der Waals surface area contributed by atoms with Gasteiger partial charge in [-0.3, -0.25) is 0 Å². The number of rotatable bonds is 7. The Morgan fingerprint density at radius 2 is 1.81 bits per heavy atom. The molecule has 0 radical (unpaired) electrons. The number of hydrogen-bond donors (Lipinski definition) is 1. The Bertz CT molecular complexity index is 1230. The molecule has 4 aromatic rings. The number of carbonyl (C=O) groups excluding carboxylic acids is 1. The van der Waals surface area contributed by atoms with Crippen LogP contribution in [0.2, 0.25) is 0 Å². The van der Waals surface area contributed by atoms with E-state index >= 15 is 0 Å². The van der Waals surface area contributed by atoms with Crippen molar-refractivity contribution in [2.75, 3.05) is 14.2 Å². The molecular formula is C25H22N2O4. The van der Waals surface area contributed by atoms with Crippen LogP contribution in [0.5, 0.6) is 11.5 Å².